The summed E-state index contributed by atoms with van der Waals surface area (Å²) in [6, 6.07) is 5.20. The second-order valence-electron chi connectivity index (χ2n) is 5.53. The molecule has 0 atom stereocenters. The zero-order valence-electron chi connectivity index (χ0n) is 13.5. The molecule has 0 bridgehead atoms. The van der Waals surface area contributed by atoms with Crippen LogP contribution in [-0.2, 0) is 11.3 Å². The molecule has 0 saturated heterocycles. The van der Waals surface area contributed by atoms with Gasteiger partial charge in [0.05, 0.1) is 17.5 Å². The van der Waals surface area contributed by atoms with Gasteiger partial charge in [-0.05, 0) is 29.6 Å². The number of fused-ring (bicyclic) bond motifs is 1. The van der Waals surface area contributed by atoms with E-state index in [2.05, 4.69) is 15.3 Å². The summed E-state index contributed by atoms with van der Waals surface area (Å²) in [5, 5.41) is 6.26. The van der Waals surface area contributed by atoms with E-state index >= 15 is 0 Å². The second kappa shape index (κ2) is 6.97. The van der Waals surface area contributed by atoms with Gasteiger partial charge >= 0.3 is 0 Å². The highest BCUT2D eigenvalue weighted by molar-refractivity contribution is 7.17. The van der Waals surface area contributed by atoms with Crippen LogP contribution in [0.5, 0.6) is 0 Å². The molecule has 27 heavy (non-hydrogen) atoms. The lowest BCUT2D eigenvalue weighted by molar-refractivity contribution is -0.116. The number of amides is 1. The maximum absolute atomic E-state index is 13.3. The molecule has 0 aliphatic heterocycles. The van der Waals surface area contributed by atoms with Crippen LogP contribution in [-0.4, -0.2) is 20.4 Å². The molecule has 0 spiro atoms. The van der Waals surface area contributed by atoms with E-state index in [1.807, 2.05) is 0 Å². The predicted molar refractivity (Wildman–Crippen MR) is 100.0 cm³/mol. The molecular weight excluding hydrogens is 394 g/mol. The Kier molecular flexibility index (Phi) is 4.50. The highest BCUT2D eigenvalue weighted by atomic mass is 32.1. The number of benzene rings is 1. The van der Waals surface area contributed by atoms with Crippen LogP contribution in [0.3, 0.4) is 0 Å². The van der Waals surface area contributed by atoms with Gasteiger partial charge in [0.15, 0.2) is 16.8 Å². The molecule has 1 amide bonds. The van der Waals surface area contributed by atoms with Crippen molar-refractivity contribution in [2.24, 2.45) is 0 Å². The molecule has 1 N–H and O–H groups in total. The number of nitrogens with zero attached hydrogens (tertiary/aromatic N) is 3. The first-order chi connectivity index (χ1) is 13.0. The summed E-state index contributed by atoms with van der Waals surface area (Å²) in [6.45, 7) is -0.209. The zero-order chi connectivity index (χ0) is 19.0. The van der Waals surface area contributed by atoms with Gasteiger partial charge in [-0.15, -0.1) is 22.7 Å². The van der Waals surface area contributed by atoms with Crippen molar-refractivity contribution in [1.29, 1.82) is 0 Å². The molecular formula is C17H10F2N4O2S2. The fourth-order valence-corrected chi connectivity index (χ4v) is 3.95. The number of halogens is 2. The van der Waals surface area contributed by atoms with E-state index in [1.54, 1.807) is 16.8 Å². The normalized spacial score (nSPS) is 11.0. The number of hydrogen-bond acceptors (Lipinski definition) is 6. The van der Waals surface area contributed by atoms with Crippen molar-refractivity contribution in [3.8, 4) is 11.3 Å². The van der Waals surface area contributed by atoms with Crippen LogP contribution in [0.1, 0.15) is 0 Å². The maximum Gasteiger partial charge on any atom is 0.271 e. The molecule has 0 fully saturated rings. The lowest BCUT2D eigenvalue weighted by Crippen LogP contribution is -2.27. The quantitative estimate of drug-likeness (QED) is 0.565. The van der Waals surface area contributed by atoms with Crippen molar-refractivity contribution in [3.63, 3.8) is 0 Å². The lowest BCUT2D eigenvalue weighted by Gasteiger charge is -2.05. The molecule has 3 heterocycles. The molecule has 3 aromatic heterocycles. The third-order valence-corrected chi connectivity index (χ3v) is 5.36. The van der Waals surface area contributed by atoms with E-state index in [-0.39, 0.29) is 17.2 Å². The Morgan fingerprint density at radius 2 is 2.04 bits per heavy atom. The van der Waals surface area contributed by atoms with E-state index in [1.165, 1.54) is 28.3 Å². The van der Waals surface area contributed by atoms with Gasteiger partial charge < -0.3 is 5.32 Å². The third-order valence-electron chi connectivity index (χ3n) is 3.72. The number of anilines is 1. The van der Waals surface area contributed by atoms with Crippen molar-refractivity contribution >= 4 is 43.9 Å². The van der Waals surface area contributed by atoms with E-state index < -0.39 is 17.5 Å². The summed E-state index contributed by atoms with van der Waals surface area (Å²) in [5.74, 6) is -2.35. The average Bonchev–Trinajstić information content (AvgIpc) is 3.29. The standard InChI is InChI=1S/C17H10F2N4O2S2/c18-10-2-1-9(5-11(10)19)13-7-27-17(21-13)22-14(24)6-23-8-20-12-3-4-26-15(12)16(23)25/h1-5,7-8H,6H2,(H,21,22,24). The summed E-state index contributed by atoms with van der Waals surface area (Å²) in [5.41, 5.74) is 1.12. The van der Waals surface area contributed by atoms with E-state index in [0.717, 1.165) is 23.5 Å². The van der Waals surface area contributed by atoms with Gasteiger partial charge in [0.1, 0.15) is 11.2 Å². The summed E-state index contributed by atoms with van der Waals surface area (Å²) >= 11 is 2.41. The monoisotopic (exact) mass is 404 g/mol. The van der Waals surface area contributed by atoms with Crippen LogP contribution in [0, 0.1) is 11.6 Å². The molecule has 6 nitrogen and oxygen atoms in total. The minimum atomic E-state index is -0.970. The maximum atomic E-state index is 13.3. The molecule has 4 aromatic rings. The number of aromatic nitrogens is 3. The Hall–Kier alpha value is -2.98. The van der Waals surface area contributed by atoms with E-state index in [4.69, 9.17) is 0 Å². The number of nitrogens with one attached hydrogen (secondary N) is 1. The largest absolute Gasteiger partial charge is 0.300 e. The van der Waals surface area contributed by atoms with Crippen LogP contribution >= 0.6 is 22.7 Å². The highest BCUT2D eigenvalue weighted by Crippen LogP contribution is 2.26. The lowest BCUT2D eigenvalue weighted by atomic mass is 10.2. The summed E-state index contributed by atoms with van der Waals surface area (Å²) in [6.07, 6.45) is 1.32. The van der Waals surface area contributed by atoms with Crippen molar-refractivity contribution in [2.75, 3.05) is 5.32 Å². The minimum absolute atomic E-state index is 0.209. The van der Waals surface area contributed by atoms with Gasteiger partial charge in [0, 0.05) is 10.9 Å². The molecule has 1 aromatic carbocycles. The number of carbonyl (C=O) groups excluding carboxylic acids is 1. The van der Waals surface area contributed by atoms with E-state index in [9.17, 15) is 18.4 Å². The SMILES string of the molecule is O=C(Cn1cnc2ccsc2c1=O)Nc1nc(-c2ccc(F)c(F)c2)cs1. The molecule has 10 heteroatoms. The smallest absolute Gasteiger partial charge is 0.271 e. The van der Waals surface area contributed by atoms with Gasteiger partial charge in [-0.1, -0.05) is 0 Å². The number of thiophene rings is 1. The summed E-state index contributed by atoms with van der Waals surface area (Å²) in [4.78, 5) is 32.8. The van der Waals surface area contributed by atoms with Crippen LogP contribution < -0.4 is 10.9 Å². The van der Waals surface area contributed by atoms with Crippen LogP contribution in [0.25, 0.3) is 21.5 Å². The molecule has 4 rings (SSSR count). The number of rotatable bonds is 4. The molecule has 0 aliphatic carbocycles. The molecule has 0 aliphatic rings. The van der Waals surface area contributed by atoms with Gasteiger partial charge in [0.25, 0.3) is 5.56 Å². The highest BCUT2D eigenvalue weighted by Gasteiger charge is 2.12. The number of carbonyl (C=O) groups is 1. The Morgan fingerprint density at radius 1 is 1.19 bits per heavy atom. The summed E-state index contributed by atoms with van der Waals surface area (Å²) < 4.78 is 28.1. The first-order valence-corrected chi connectivity index (χ1v) is 9.40. The molecule has 0 unspecified atom stereocenters. The zero-order valence-corrected chi connectivity index (χ0v) is 15.1. The minimum Gasteiger partial charge on any atom is -0.300 e. The van der Waals surface area contributed by atoms with Crippen LogP contribution in [0.4, 0.5) is 13.9 Å². The van der Waals surface area contributed by atoms with Crippen molar-refractivity contribution in [2.45, 2.75) is 6.54 Å². The third kappa shape index (κ3) is 3.49. The first-order valence-electron chi connectivity index (χ1n) is 7.65. The first kappa shape index (κ1) is 17.4. The van der Waals surface area contributed by atoms with Gasteiger partial charge in [-0.25, -0.2) is 18.7 Å². The Labute approximate surface area is 158 Å². The van der Waals surface area contributed by atoms with Crippen LogP contribution in [0.15, 0.2) is 46.1 Å². The predicted octanol–water partition coefficient (Wildman–Crippen LogP) is 3.50. The van der Waals surface area contributed by atoms with Gasteiger partial charge in [-0.3, -0.25) is 14.2 Å². The molecule has 0 radical (unpaired) electrons. The number of thiazole rings is 1. The Morgan fingerprint density at radius 3 is 2.85 bits per heavy atom. The van der Waals surface area contributed by atoms with E-state index in [0.29, 0.717) is 21.5 Å². The fourth-order valence-electron chi connectivity index (χ4n) is 2.42. The second-order valence-corrected chi connectivity index (χ2v) is 7.30. The van der Waals surface area contributed by atoms with Crippen LogP contribution in [0.2, 0.25) is 0 Å². The van der Waals surface area contributed by atoms with Crippen molar-refractivity contribution in [3.05, 3.63) is 63.3 Å². The van der Waals surface area contributed by atoms with Crippen molar-refractivity contribution in [1.82, 2.24) is 14.5 Å². The molecule has 0 saturated carbocycles. The van der Waals surface area contributed by atoms with Gasteiger partial charge in [-0.2, -0.15) is 0 Å². The average molecular weight is 404 g/mol. The van der Waals surface area contributed by atoms with Gasteiger partial charge in [0.2, 0.25) is 5.91 Å². The Bertz CT molecular complexity index is 1220. The Balaban J connectivity index is 1.49. The fraction of sp³-hybridized carbons (Fsp3) is 0.0588. The number of hydrogen-bond donors (Lipinski definition) is 1. The van der Waals surface area contributed by atoms with Crippen molar-refractivity contribution < 1.29 is 13.6 Å². The topological polar surface area (TPSA) is 76.9 Å². The summed E-state index contributed by atoms with van der Waals surface area (Å²) in [7, 11) is 0. The molecule has 136 valence electrons.